The van der Waals surface area contributed by atoms with Gasteiger partial charge in [0.25, 0.3) is 0 Å². The van der Waals surface area contributed by atoms with Gasteiger partial charge in [-0.05, 0) is 35.8 Å². The molecule has 2 aliphatic heterocycles. The first-order valence-electron chi connectivity index (χ1n) is 19.7. The van der Waals surface area contributed by atoms with Crippen molar-refractivity contribution in [2.75, 3.05) is 13.1 Å². The zero-order chi connectivity index (χ0) is 40.8. The molecule has 4 rings (SSSR count). The number of hydrogen-bond donors (Lipinski definition) is 6. The highest BCUT2D eigenvalue weighted by molar-refractivity contribution is 5.92. The van der Waals surface area contributed by atoms with E-state index in [2.05, 4.69) is 21.3 Å². The highest BCUT2D eigenvalue weighted by Crippen LogP contribution is 2.26. The van der Waals surface area contributed by atoms with Crippen molar-refractivity contribution in [3.63, 3.8) is 0 Å². The van der Waals surface area contributed by atoms with Crippen molar-refractivity contribution in [3.05, 3.63) is 83.9 Å². The molecule has 0 aromatic heterocycles. The second-order valence-electron chi connectivity index (χ2n) is 15.4. The van der Waals surface area contributed by atoms with Gasteiger partial charge in [0, 0.05) is 25.9 Å². The molecule has 14 nitrogen and oxygen atoms in total. The second-order valence-corrected chi connectivity index (χ2v) is 15.4. The molecule has 2 heterocycles. The molecule has 2 aromatic carbocycles. The Hall–Kier alpha value is -5.08. The quantitative estimate of drug-likeness (QED) is 0.110. The van der Waals surface area contributed by atoms with E-state index in [0.717, 1.165) is 11.1 Å². The molecule has 1 fully saturated rings. The largest absolute Gasteiger partial charge is 0.390 e. The number of aliphatic hydroxyl groups excluding tert-OH is 1. The minimum Gasteiger partial charge on any atom is -0.390 e. The van der Waals surface area contributed by atoms with Crippen LogP contribution in [0.1, 0.15) is 77.3 Å². The summed E-state index contributed by atoms with van der Waals surface area (Å²) in [4.78, 5) is 79.8. The molecule has 7 N–H and O–H groups in total. The third kappa shape index (κ3) is 12.7. The summed E-state index contributed by atoms with van der Waals surface area (Å²) in [6.07, 6.45) is 3.31. The van der Waals surface area contributed by atoms with Gasteiger partial charge in [-0.15, -0.1) is 0 Å². The van der Waals surface area contributed by atoms with Crippen LogP contribution in [0.25, 0.3) is 0 Å². The Bertz CT molecular complexity index is 1670. The first-order valence-corrected chi connectivity index (χ1v) is 19.7. The molecule has 2 unspecified atom stereocenters. The van der Waals surface area contributed by atoms with Crippen LogP contribution in [0.4, 0.5) is 0 Å². The maximum atomic E-state index is 13.9. The molecule has 0 radical (unpaired) electrons. The number of hydrazine groups is 1. The van der Waals surface area contributed by atoms with Crippen LogP contribution in [-0.4, -0.2) is 93.9 Å². The third-order valence-corrected chi connectivity index (χ3v) is 10.4. The van der Waals surface area contributed by atoms with E-state index in [9.17, 15) is 33.9 Å². The van der Waals surface area contributed by atoms with Gasteiger partial charge < -0.3 is 32.1 Å². The molecular weight excluding hydrogens is 715 g/mol. The number of aliphatic hydroxyl groups is 1. The van der Waals surface area contributed by atoms with Crippen LogP contribution in [0.3, 0.4) is 0 Å². The molecule has 0 bridgehead atoms. The number of primary amides is 1. The minimum absolute atomic E-state index is 0.0333. The van der Waals surface area contributed by atoms with E-state index in [1.165, 1.54) is 10.0 Å². The summed E-state index contributed by atoms with van der Waals surface area (Å²) in [6.45, 7) is 8.69. The van der Waals surface area contributed by atoms with E-state index in [1.807, 2.05) is 81.4 Å². The smallest absolute Gasteiger partial charge is 0.246 e. The molecule has 1 saturated heterocycles. The van der Waals surface area contributed by atoms with Gasteiger partial charge in [0.05, 0.1) is 43.5 Å². The fraction of sp³-hybridized carbons (Fsp3) is 0.524. The fourth-order valence-electron chi connectivity index (χ4n) is 7.11. The summed E-state index contributed by atoms with van der Waals surface area (Å²) in [7, 11) is 0. The molecule has 2 aliphatic rings. The number of fused-ring (bicyclic) bond motifs is 1. The number of nitrogens with one attached hydrogen (secondary N) is 4. The first kappa shape index (κ1) is 43.6. The third-order valence-electron chi connectivity index (χ3n) is 10.4. The Morgan fingerprint density at radius 3 is 2.20 bits per heavy atom. The van der Waals surface area contributed by atoms with Crippen LogP contribution in [0.2, 0.25) is 0 Å². The van der Waals surface area contributed by atoms with Crippen LogP contribution in [-0.2, 0) is 41.7 Å². The molecule has 56 heavy (non-hydrogen) atoms. The zero-order valence-corrected chi connectivity index (χ0v) is 33.0. The van der Waals surface area contributed by atoms with Gasteiger partial charge in [-0.25, -0.2) is 10.0 Å². The van der Waals surface area contributed by atoms with Crippen LogP contribution in [0.5, 0.6) is 0 Å². The van der Waals surface area contributed by atoms with E-state index in [1.54, 1.807) is 19.1 Å². The van der Waals surface area contributed by atoms with Crippen molar-refractivity contribution in [1.82, 2.24) is 31.3 Å². The average molecular weight is 774 g/mol. The van der Waals surface area contributed by atoms with Crippen molar-refractivity contribution in [2.45, 2.75) is 109 Å². The average Bonchev–Trinajstić information content (AvgIpc) is 3.29. The molecule has 0 spiro atoms. The van der Waals surface area contributed by atoms with Crippen molar-refractivity contribution < 1.29 is 33.9 Å². The number of amides is 6. The van der Waals surface area contributed by atoms with Gasteiger partial charge in [0.15, 0.2) is 0 Å². The van der Waals surface area contributed by atoms with Crippen molar-refractivity contribution >= 4 is 35.4 Å². The fourth-order valence-corrected chi connectivity index (χ4v) is 7.11. The highest BCUT2D eigenvalue weighted by Gasteiger charge is 2.41. The summed E-state index contributed by atoms with van der Waals surface area (Å²) < 4.78 is 0. The molecule has 7 atom stereocenters. The van der Waals surface area contributed by atoms with Gasteiger partial charge in [0.2, 0.25) is 35.4 Å². The van der Waals surface area contributed by atoms with E-state index in [-0.39, 0.29) is 49.5 Å². The standard InChI is InChI=1S/C42H59N7O7/c1-5-28(4)39(41(55)46-34(40(43)54)22-29-13-8-6-9-14-29)47-37(52)24-35(50)33(21-27(2)3)45-36(51)23-32-17-12-20-48-38(53)19-18-31(42(56)49(32)48)26-44-25-30-15-10-7-11-16-30/h6-17,27-28,31-35,39,44,50H,5,18-26H2,1-4H3,(H2,43,54)(H,45,51)(H,46,55)(H,47,52)/t28-,31?,32?,33+,34-,35+,39-/m0/s1. The Labute approximate surface area is 330 Å². The van der Waals surface area contributed by atoms with Gasteiger partial charge in [-0.1, -0.05) is 107 Å². The predicted octanol–water partition coefficient (Wildman–Crippen LogP) is 2.11. The number of carbonyl (C=O) groups is 6. The van der Waals surface area contributed by atoms with Crippen LogP contribution >= 0.6 is 0 Å². The molecule has 14 heteroatoms. The van der Waals surface area contributed by atoms with Crippen LogP contribution in [0, 0.1) is 17.8 Å². The van der Waals surface area contributed by atoms with Crippen LogP contribution in [0.15, 0.2) is 72.8 Å². The molecule has 0 saturated carbocycles. The van der Waals surface area contributed by atoms with Gasteiger partial charge in [-0.3, -0.25) is 28.8 Å². The van der Waals surface area contributed by atoms with E-state index in [4.69, 9.17) is 5.73 Å². The Morgan fingerprint density at radius 2 is 1.57 bits per heavy atom. The van der Waals surface area contributed by atoms with Gasteiger partial charge >= 0.3 is 0 Å². The molecule has 304 valence electrons. The summed E-state index contributed by atoms with van der Waals surface area (Å²) in [5.41, 5.74) is 7.51. The Kier molecular flexibility index (Phi) is 16.6. The van der Waals surface area contributed by atoms with E-state index < -0.39 is 66.2 Å². The lowest BCUT2D eigenvalue weighted by Gasteiger charge is -2.41. The maximum Gasteiger partial charge on any atom is 0.246 e. The number of nitrogens with zero attached hydrogens (tertiary/aromatic N) is 2. The SMILES string of the molecule is CC[C@H](C)[C@H](NC(=O)C[C@@H](O)[C@@H](CC(C)C)NC(=O)CC1C=CCN2C(=O)CCC(CNCc3ccccc3)C(=O)N12)C(=O)N[C@@H](Cc1ccccc1)C(N)=O. The zero-order valence-electron chi connectivity index (χ0n) is 33.0. The van der Waals surface area contributed by atoms with E-state index in [0.29, 0.717) is 32.4 Å². The lowest BCUT2D eigenvalue weighted by Crippen LogP contribution is -2.58. The summed E-state index contributed by atoms with van der Waals surface area (Å²) in [5, 5.41) is 25.8. The monoisotopic (exact) mass is 773 g/mol. The molecule has 6 amide bonds. The summed E-state index contributed by atoms with van der Waals surface area (Å²) in [6, 6.07) is 15.4. The summed E-state index contributed by atoms with van der Waals surface area (Å²) >= 11 is 0. The second kappa shape index (κ2) is 21.3. The number of hydrogen-bond acceptors (Lipinski definition) is 8. The molecular formula is C42H59N7O7. The van der Waals surface area contributed by atoms with Gasteiger partial charge in [-0.2, -0.15) is 0 Å². The summed E-state index contributed by atoms with van der Waals surface area (Å²) in [5.74, 6) is -3.52. The van der Waals surface area contributed by atoms with Gasteiger partial charge in [0.1, 0.15) is 12.1 Å². The topological polar surface area (TPSA) is 203 Å². The highest BCUT2D eigenvalue weighted by atomic mass is 16.3. The van der Waals surface area contributed by atoms with Crippen LogP contribution < -0.4 is 27.0 Å². The predicted molar refractivity (Wildman–Crippen MR) is 212 cm³/mol. The van der Waals surface area contributed by atoms with Crippen molar-refractivity contribution in [1.29, 1.82) is 0 Å². The molecule has 2 aromatic rings. The number of nitrogens with two attached hydrogens (primary N) is 1. The lowest BCUT2D eigenvalue weighted by atomic mass is 9.95. The normalized spacial score (nSPS) is 19.6. The number of benzene rings is 2. The van der Waals surface area contributed by atoms with Crippen molar-refractivity contribution in [2.24, 2.45) is 23.5 Å². The Balaban J connectivity index is 1.38. The number of rotatable bonds is 20. The first-order chi connectivity index (χ1) is 26.8. The Morgan fingerprint density at radius 1 is 0.911 bits per heavy atom. The van der Waals surface area contributed by atoms with E-state index >= 15 is 0 Å². The molecule has 0 aliphatic carbocycles. The number of carbonyl (C=O) groups excluding carboxylic acids is 6. The minimum atomic E-state index is -1.31. The maximum absolute atomic E-state index is 13.9. The lowest BCUT2D eigenvalue weighted by molar-refractivity contribution is -0.167. The van der Waals surface area contributed by atoms with Crippen molar-refractivity contribution in [3.8, 4) is 0 Å².